The molecule has 0 fully saturated rings. The molecule has 0 bridgehead atoms. The molecule has 2 nitrogen and oxygen atoms in total. The van der Waals surface area contributed by atoms with E-state index in [-0.39, 0.29) is 0 Å². The Morgan fingerprint density at radius 3 is 2.58 bits per heavy atom. The quantitative estimate of drug-likeness (QED) is 0.413. The third-order valence-corrected chi connectivity index (χ3v) is 5.03. The van der Waals surface area contributed by atoms with Gasteiger partial charge in [0, 0.05) is 16.6 Å². The molecule has 0 unspecified atom stereocenters. The van der Waals surface area contributed by atoms with Crippen molar-refractivity contribution < 1.29 is 4.74 Å². The molecule has 3 rings (SSSR count). The zero-order valence-electron chi connectivity index (χ0n) is 13.9. The Morgan fingerprint density at radius 2 is 1.88 bits per heavy atom. The van der Waals surface area contributed by atoms with Crippen LogP contribution in [0, 0.1) is 13.8 Å². The molecule has 124 valence electrons. The fourth-order valence-corrected chi connectivity index (χ4v) is 3.29. The predicted molar refractivity (Wildman–Crippen MR) is 106 cm³/mol. The van der Waals surface area contributed by atoms with Gasteiger partial charge in [-0.25, -0.2) is 0 Å². The van der Waals surface area contributed by atoms with Crippen LogP contribution >= 0.6 is 23.8 Å². The van der Waals surface area contributed by atoms with Crippen molar-refractivity contribution in [1.29, 1.82) is 0 Å². The van der Waals surface area contributed by atoms with Gasteiger partial charge in [0.25, 0.3) is 0 Å². The van der Waals surface area contributed by atoms with E-state index >= 15 is 0 Å². The average Bonchev–Trinajstić information content (AvgIpc) is 2.94. The molecule has 0 aliphatic carbocycles. The van der Waals surface area contributed by atoms with Crippen molar-refractivity contribution in [3.63, 3.8) is 0 Å². The van der Waals surface area contributed by atoms with Crippen molar-refractivity contribution in [3.05, 3.63) is 64.3 Å². The largest absolute Gasteiger partial charge is 0.494 e. The predicted octanol–water partition coefficient (Wildman–Crippen LogP) is 5.73. The van der Waals surface area contributed by atoms with E-state index in [0.717, 1.165) is 40.3 Å². The molecule has 0 N–H and O–H groups in total. The van der Waals surface area contributed by atoms with E-state index in [1.54, 1.807) is 5.49 Å². The van der Waals surface area contributed by atoms with Gasteiger partial charge in [0.1, 0.15) is 5.75 Å². The molecule has 2 aromatic carbocycles. The maximum Gasteiger partial charge on any atom is 0.119 e. The van der Waals surface area contributed by atoms with Gasteiger partial charge < -0.3 is 9.30 Å². The molecule has 0 atom stereocenters. The summed E-state index contributed by atoms with van der Waals surface area (Å²) in [5, 5.41) is 2.08. The lowest BCUT2D eigenvalue weighted by molar-refractivity contribution is 0.311. The minimum Gasteiger partial charge on any atom is -0.494 e. The Hall–Kier alpha value is -1.84. The Kier molecular flexibility index (Phi) is 5.22. The topological polar surface area (TPSA) is 14.2 Å². The van der Waals surface area contributed by atoms with Gasteiger partial charge >= 0.3 is 0 Å². The van der Waals surface area contributed by atoms with Crippen LogP contribution in [0.1, 0.15) is 23.1 Å². The zero-order valence-corrected chi connectivity index (χ0v) is 15.5. The molecule has 0 saturated heterocycles. The maximum atomic E-state index is 6.19. The molecular weight excluding hydrogens is 338 g/mol. The molecular formula is C20H20ClNOS. The first-order valence-corrected chi connectivity index (χ1v) is 8.88. The minimum absolute atomic E-state index is 0.678. The molecule has 0 spiro atoms. The van der Waals surface area contributed by atoms with E-state index in [4.69, 9.17) is 28.6 Å². The lowest BCUT2D eigenvalue weighted by Gasteiger charge is -2.10. The summed E-state index contributed by atoms with van der Waals surface area (Å²) in [5.41, 5.74) is 6.25. The lowest BCUT2D eigenvalue weighted by atomic mass is 10.1. The summed E-state index contributed by atoms with van der Waals surface area (Å²) >= 11 is 11.3. The summed E-state index contributed by atoms with van der Waals surface area (Å²) in [6.45, 7) is 4.68. The van der Waals surface area contributed by atoms with Crippen LogP contribution in [0.4, 0.5) is 0 Å². The molecule has 4 heteroatoms. The highest BCUT2D eigenvalue weighted by Gasteiger charge is 2.07. The average molecular weight is 358 g/mol. The highest BCUT2D eigenvalue weighted by atomic mass is 35.5. The van der Waals surface area contributed by atoms with Gasteiger partial charge in [-0.3, -0.25) is 0 Å². The number of aromatic nitrogens is 1. The third-order valence-electron chi connectivity index (χ3n) is 4.21. The Labute approximate surface area is 153 Å². The van der Waals surface area contributed by atoms with Gasteiger partial charge in [0.2, 0.25) is 0 Å². The van der Waals surface area contributed by atoms with E-state index < -0.39 is 0 Å². The van der Waals surface area contributed by atoms with Crippen LogP contribution in [-0.4, -0.2) is 16.7 Å². The second-order valence-electron chi connectivity index (χ2n) is 6.01. The zero-order chi connectivity index (χ0) is 17.1. The van der Waals surface area contributed by atoms with Crippen LogP contribution in [0.3, 0.4) is 0 Å². The van der Waals surface area contributed by atoms with E-state index in [9.17, 15) is 0 Å². The van der Waals surface area contributed by atoms with E-state index in [0.29, 0.717) is 6.61 Å². The number of nitrogens with zero attached hydrogens (tertiary/aromatic N) is 1. The Bertz CT molecular complexity index is 861. The maximum absolute atomic E-state index is 6.19. The highest BCUT2D eigenvalue weighted by molar-refractivity contribution is 7.78. The van der Waals surface area contributed by atoms with Crippen LogP contribution in [0.5, 0.6) is 5.75 Å². The first-order chi connectivity index (χ1) is 11.6. The number of para-hydroxylation sites is 1. The van der Waals surface area contributed by atoms with Crippen LogP contribution in [-0.2, 0) is 6.42 Å². The standard InChI is InChI=1S/C20H20ClNOS/c1-14-10-17(11-15(2)20(14)21)23-9-5-6-16-12-22(13-24)19-8-4-3-7-18(16)19/h3-4,7-8,10-13H,5-6,9H2,1-2H3. The van der Waals surface area contributed by atoms with Gasteiger partial charge in [0.05, 0.1) is 17.6 Å². The number of hydrogen-bond donors (Lipinski definition) is 0. The van der Waals surface area contributed by atoms with E-state index in [1.807, 2.05) is 36.6 Å². The number of fused-ring (bicyclic) bond motifs is 1. The molecule has 24 heavy (non-hydrogen) atoms. The fraction of sp³-hybridized carbons (Fsp3) is 0.250. The summed E-state index contributed by atoms with van der Waals surface area (Å²) in [4.78, 5) is 0. The summed E-state index contributed by atoms with van der Waals surface area (Å²) in [6.07, 6.45) is 4.03. The van der Waals surface area contributed by atoms with Crippen LogP contribution < -0.4 is 4.74 Å². The second-order valence-corrected chi connectivity index (χ2v) is 6.60. The SMILES string of the molecule is Cc1cc(OCCCc2cn(C=S)c3ccccc23)cc(C)c1Cl. The van der Waals surface area contributed by atoms with Crippen molar-refractivity contribution >= 4 is 40.2 Å². The van der Waals surface area contributed by atoms with Crippen molar-refractivity contribution in [3.8, 4) is 5.75 Å². The number of ether oxygens (including phenoxy) is 1. The van der Waals surface area contributed by atoms with E-state index in [2.05, 4.69) is 24.4 Å². The van der Waals surface area contributed by atoms with Crippen LogP contribution in [0.15, 0.2) is 42.6 Å². The van der Waals surface area contributed by atoms with E-state index in [1.165, 1.54) is 10.9 Å². The first-order valence-electron chi connectivity index (χ1n) is 8.03. The molecule has 1 heterocycles. The number of thiocarbonyl (C=S) groups is 1. The van der Waals surface area contributed by atoms with Crippen molar-refractivity contribution in [2.45, 2.75) is 26.7 Å². The Balaban J connectivity index is 1.64. The van der Waals surface area contributed by atoms with Gasteiger partial charge in [-0.1, -0.05) is 42.0 Å². The molecule has 0 radical (unpaired) electrons. The fourth-order valence-electron chi connectivity index (χ4n) is 3.01. The summed E-state index contributed by atoms with van der Waals surface area (Å²) in [6, 6.07) is 12.3. The highest BCUT2D eigenvalue weighted by Crippen LogP contribution is 2.26. The smallest absolute Gasteiger partial charge is 0.119 e. The van der Waals surface area contributed by atoms with Gasteiger partial charge in [0.15, 0.2) is 0 Å². The summed E-state index contributed by atoms with van der Waals surface area (Å²) < 4.78 is 7.90. The molecule has 3 aromatic rings. The Morgan fingerprint density at radius 1 is 1.17 bits per heavy atom. The number of aryl methyl sites for hydroxylation is 3. The van der Waals surface area contributed by atoms with Crippen LogP contribution in [0.2, 0.25) is 5.02 Å². The lowest BCUT2D eigenvalue weighted by Crippen LogP contribution is -2.00. The molecule has 0 amide bonds. The van der Waals surface area contributed by atoms with Crippen molar-refractivity contribution in [1.82, 2.24) is 4.57 Å². The summed E-state index contributed by atoms with van der Waals surface area (Å²) in [7, 11) is 0. The number of rotatable bonds is 6. The van der Waals surface area contributed by atoms with Gasteiger partial charge in [-0.15, -0.1) is 0 Å². The molecule has 1 aromatic heterocycles. The summed E-state index contributed by atoms with van der Waals surface area (Å²) in [5.74, 6) is 0.885. The van der Waals surface area contributed by atoms with Crippen LogP contribution in [0.25, 0.3) is 10.9 Å². The second kappa shape index (κ2) is 7.37. The van der Waals surface area contributed by atoms with Gasteiger partial charge in [-0.2, -0.15) is 0 Å². The van der Waals surface area contributed by atoms with Crippen molar-refractivity contribution in [2.75, 3.05) is 6.61 Å². The first kappa shape index (κ1) is 17.0. The van der Waals surface area contributed by atoms with Crippen molar-refractivity contribution in [2.24, 2.45) is 0 Å². The molecule has 0 aliphatic rings. The normalized spacial score (nSPS) is 11.0. The number of hydrogen-bond acceptors (Lipinski definition) is 2. The van der Waals surface area contributed by atoms with Gasteiger partial charge in [-0.05, 0) is 61.6 Å². The third kappa shape index (κ3) is 3.47. The molecule has 0 aliphatic heterocycles. The molecule has 0 saturated carbocycles. The number of halogens is 1. The monoisotopic (exact) mass is 357 g/mol. The number of benzene rings is 2. The minimum atomic E-state index is 0.678.